The molecule has 0 N–H and O–H groups in total. The Bertz CT molecular complexity index is 474. The molecule has 114 valence electrons. The SMILES string of the molecule is C=CC(C)(C)C1=CO[C@H](CCOCc2ccccc2)CC1. The Morgan fingerprint density at radius 1 is 1.33 bits per heavy atom. The van der Waals surface area contributed by atoms with Crippen LogP contribution in [-0.4, -0.2) is 12.7 Å². The Morgan fingerprint density at radius 2 is 2.10 bits per heavy atom. The minimum atomic E-state index is 0.0365. The van der Waals surface area contributed by atoms with Gasteiger partial charge in [-0.15, -0.1) is 6.58 Å². The van der Waals surface area contributed by atoms with E-state index >= 15 is 0 Å². The van der Waals surface area contributed by atoms with Gasteiger partial charge in [-0.25, -0.2) is 0 Å². The highest BCUT2D eigenvalue weighted by Crippen LogP contribution is 2.34. The lowest BCUT2D eigenvalue weighted by atomic mass is 9.81. The van der Waals surface area contributed by atoms with Gasteiger partial charge in [0.15, 0.2) is 0 Å². The first-order chi connectivity index (χ1) is 10.1. The van der Waals surface area contributed by atoms with Gasteiger partial charge in [-0.3, -0.25) is 0 Å². The summed E-state index contributed by atoms with van der Waals surface area (Å²) in [6.45, 7) is 9.68. The Morgan fingerprint density at radius 3 is 2.71 bits per heavy atom. The van der Waals surface area contributed by atoms with E-state index < -0.39 is 0 Å². The van der Waals surface area contributed by atoms with Gasteiger partial charge in [-0.2, -0.15) is 0 Å². The van der Waals surface area contributed by atoms with E-state index in [1.807, 2.05) is 30.5 Å². The summed E-state index contributed by atoms with van der Waals surface area (Å²) in [5.41, 5.74) is 2.59. The maximum Gasteiger partial charge on any atom is 0.100 e. The van der Waals surface area contributed by atoms with Crippen molar-refractivity contribution >= 4 is 0 Å². The minimum absolute atomic E-state index is 0.0365. The summed E-state index contributed by atoms with van der Waals surface area (Å²) in [4.78, 5) is 0. The van der Waals surface area contributed by atoms with E-state index in [-0.39, 0.29) is 11.5 Å². The smallest absolute Gasteiger partial charge is 0.100 e. The highest BCUT2D eigenvalue weighted by atomic mass is 16.5. The summed E-state index contributed by atoms with van der Waals surface area (Å²) in [5, 5.41) is 0. The molecule has 0 saturated carbocycles. The van der Waals surface area contributed by atoms with E-state index in [4.69, 9.17) is 9.47 Å². The molecule has 2 heteroatoms. The first-order valence-corrected chi connectivity index (χ1v) is 7.72. The van der Waals surface area contributed by atoms with Gasteiger partial charge in [0.25, 0.3) is 0 Å². The number of benzene rings is 1. The molecule has 0 aliphatic carbocycles. The quantitative estimate of drug-likeness (QED) is 0.526. The van der Waals surface area contributed by atoms with E-state index in [0.717, 1.165) is 25.9 Å². The summed E-state index contributed by atoms with van der Waals surface area (Å²) < 4.78 is 11.6. The van der Waals surface area contributed by atoms with Crippen LogP contribution in [0.2, 0.25) is 0 Å². The van der Waals surface area contributed by atoms with Crippen molar-refractivity contribution in [2.24, 2.45) is 5.41 Å². The van der Waals surface area contributed by atoms with Crippen LogP contribution in [0, 0.1) is 5.41 Å². The third-order valence-electron chi connectivity index (χ3n) is 4.17. The molecule has 2 rings (SSSR count). The largest absolute Gasteiger partial charge is 0.498 e. The molecule has 1 aromatic rings. The third kappa shape index (κ3) is 4.75. The third-order valence-corrected chi connectivity index (χ3v) is 4.17. The molecule has 0 fully saturated rings. The molecule has 0 aromatic heterocycles. The zero-order chi connectivity index (χ0) is 15.1. The molecular weight excluding hydrogens is 260 g/mol. The highest BCUT2D eigenvalue weighted by molar-refractivity contribution is 5.18. The molecule has 1 heterocycles. The molecule has 0 bridgehead atoms. The molecule has 0 radical (unpaired) electrons. The van der Waals surface area contributed by atoms with Gasteiger partial charge in [0, 0.05) is 11.8 Å². The zero-order valence-corrected chi connectivity index (χ0v) is 13.2. The van der Waals surface area contributed by atoms with Crippen LogP contribution >= 0.6 is 0 Å². The lowest BCUT2D eigenvalue weighted by Gasteiger charge is -2.30. The second kappa shape index (κ2) is 7.46. The average Bonchev–Trinajstić information content (AvgIpc) is 2.53. The normalized spacial score (nSPS) is 18.8. The standard InChI is InChI=1S/C19H26O2/c1-4-19(2,3)17-10-11-18(21-15-17)12-13-20-14-16-8-6-5-7-9-16/h4-9,15,18H,1,10-14H2,2-3H3/t18-/m0/s1. The van der Waals surface area contributed by atoms with Crippen LogP contribution in [0.25, 0.3) is 0 Å². The summed E-state index contributed by atoms with van der Waals surface area (Å²) in [6, 6.07) is 10.3. The Hall–Kier alpha value is -1.54. The predicted octanol–water partition coefficient (Wildman–Crippen LogP) is 4.87. The monoisotopic (exact) mass is 286 g/mol. The maximum absolute atomic E-state index is 5.84. The van der Waals surface area contributed by atoms with Gasteiger partial charge in [0.2, 0.25) is 0 Å². The zero-order valence-electron chi connectivity index (χ0n) is 13.2. The molecule has 1 aromatic carbocycles. The Labute approximate surface area is 128 Å². The van der Waals surface area contributed by atoms with Crippen molar-refractivity contribution in [3.05, 3.63) is 60.4 Å². The molecule has 0 saturated heterocycles. The number of hydrogen-bond acceptors (Lipinski definition) is 2. The van der Waals surface area contributed by atoms with Crippen molar-refractivity contribution in [2.75, 3.05) is 6.61 Å². The fraction of sp³-hybridized carbons (Fsp3) is 0.474. The lowest BCUT2D eigenvalue weighted by molar-refractivity contribution is 0.0519. The van der Waals surface area contributed by atoms with E-state index in [0.29, 0.717) is 6.61 Å². The summed E-state index contributed by atoms with van der Waals surface area (Å²) >= 11 is 0. The second-order valence-electron chi connectivity index (χ2n) is 6.19. The second-order valence-corrected chi connectivity index (χ2v) is 6.19. The molecule has 0 spiro atoms. The Kier molecular flexibility index (Phi) is 5.63. The van der Waals surface area contributed by atoms with Crippen molar-refractivity contribution in [2.45, 2.75) is 45.8 Å². The van der Waals surface area contributed by atoms with Crippen LogP contribution in [-0.2, 0) is 16.1 Å². The number of ether oxygens (including phenoxy) is 2. The van der Waals surface area contributed by atoms with Gasteiger partial charge in [0.05, 0.1) is 19.5 Å². The molecular formula is C19H26O2. The topological polar surface area (TPSA) is 18.5 Å². The number of allylic oxidation sites excluding steroid dienone is 2. The van der Waals surface area contributed by atoms with Gasteiger partial charge in [-0.05, 0) is 24.0 Å². The van der Waals surface area contributed by atoms with Crippen molar-refractivity contribution in [3.63, 3.8) is 0 Å². The van der Waals surface area contributed by atoms with E-state index in [9.17, 15) is 0 Å². The van der Waals surface area contributed by atoms with Gasteiger partial charge in [-0.1, -0.05) is 50.3 Å². The fourth-order valence-electron chi connectivity index (χ4n) is 2.42. The van der Waals surface area contributed by atoms with Crippen molar-refractivity contribution in [1.29, 1.82) is 0 Å². The summed E-state index contributed by atoms with van der Waals surface area (Å²) in [5.74, 6) is 0. The van der Waals surface area contributed by atoms with E-state index in [2.05, 4.69) is 32.6 Å². The van der Waals surface area contributed by atoms with Crippen LogP contribution < -0.4 is 0 Å². The maximum atomic E-state index is 5.84. The predicted molar refractivity (Wildman–Crippen MR) is 86.9 cm³/mol. The van der Waals surface area contributed by atoms with E-state index in [1.165, 1.54) is 11.1 Å². The molecule has 0 unspecified atom stereocenters. The number of rotatable bonds is 7. The molecule has 1 aliphatic heterocycles. The van der Waals surface area contributed by atoms with Crippen molar-refractivity contribution in [3.8, 4) is 0 Å². The lowest BCUT2D eigenvalue weighted by Crippen LogP contribution is -2.22. The van der Waals surface area contributed by atoms with Gasteiger partial charge in [0.1, 0.15) is 6.10 Å². The molecule has 0 amide bonds. The summed E-state index contributed by atoms with van der Waals surface area (Å²) in [7, 11) is 0. The van der Waals surface area contributed by atoms with Gasteiger partial charge < -0.3 is 9.47 Å². The van der Waals surface area contributed by atoms with Gasteiger partial charge >= 0.3 is 0 Å². The highest BCUT2D eigenvalue weighted by Gasteiger charge is 2.24. The van der Waals surface area contributed by atoms with Crippen LogP contribution in [0.3, 0.4) is 0 Å². The average molecular weight is 286 g/mol. The first-order valence-electron chi connectivity index (χ1n) is 7.72. The van der Waals surface area contributed by atoms with Crippen LogP contribution in [0.1, 0.15) is 38.7 Å². The van der Waals surface area contributed by atoms with E-state index in [1.54, 1.807) is 0 Å². The molecule has 2 nitrogen and oxygen atoms in total. The van der Waals surface area contributed by atoms with Crippen LogP contribution in [0.5, 0.6) is 0 Å². The van der Waals surface area contributed by atoms with Crippen LogP contribution in [0.4, 0.5) is 0 Å². The summed E-state index contributed by atoms with van der Waals surface area (Å²) in [6.07, 6.45) is 7.31. The molecule has 1 atom stereocenters. The van der Waals surface area contributed by atoms with Crippen molar-refractivity contribution < 1.29 is 9.47 Å². The van der Waals surface area contributed by atoms with Crippen molar-refractivity contribution in [1.82, 2.24) is 0 Å². The van der Waals surface area contributed by atoms with Crippen LogP contribution in [0.15, 0.2) is 54.8 Å². The minimum Gasteiger partial charge on any atom is -0.498 e. The molecule has 21 heavy (non-hydrogen) atoms. The number of hydrogen-bond donors (Lipinski definition) is 0. The first kappa shape index (κ1) is 15.8. The fourth-order valence-corrected chi connectivity index (χ4v) is 2.42. The molecule has 1 aliphatic rings. The Balaban J connectivity index is 1.68.